The van der Waals surface area contributed by atoms with Crippen molar-refractivity contribution in [2.24, 2.45) is 0 Å². The summed E-state index contributed by atoms with van der Waals surface area (Å²) in [7, 11) is 0. The standard InChI is InChI=1S/C14H15BrCl2N4/c1-3-6-18-11-7-12(20-8(2)19-11)21-10-5-4-9(15)13(16)14(10)17/h4-5,7H,3,6H2,1-2H3,(H2,18,19,20,21). The van der Waals surface area contributed by atoms with Gasteiger partial charge in [0.1, 0.15) is 17.5 Å². The van der Waals surface area contributed by atoms with Gasteiger partial charge in [0.25, 0.3) is 0 Å². The van der Waals surface area contributed by atoms with Crippen LogP contribution in [0.1, 0.15) is 19.2 Å². The largest absolute Gasteiger partial charge is 0.370 e. The van der Waals surface area contributed by atoms with E-state index in [1.165, 1.54) is 0 Å². The zero-order valence-electron chi connectivity index (χ0n) is 11.7. The molecular weight excluding hydrogens is 375 g/mol. The minimum atomic E-state index is 0.449. The lowest BCUT2D eigenvalue weighted by Gasteiger charge is -2.12. The van der Waals surface area contributed by atoms with Gasteiger partial charge in [0, 0.05) is 17.1 Å². The lowest BCUT2D eigenvalue weighted by molar-refractivity contribution is 0.955. The second-order valence-electron chi connectivity index (χ2n) is 4.46. The Morgan fingerprint density at radius 3 is 2.57 bits per heavy atom. The van der Waals surface area contributed by atoms with Crippen molar-refractivity contribution in [2.75, 3.05) is 17.2 Å². The highest BCUT2D eigenvalue weighted by Crippen LogP contribution is 2.37. The van der Waals surface area contributed by atoms with Crippen LogP contribution < -0.4 is 10.6 Å². The Kier molecular flexibility index (Phi) is 5.67. The second kappa shape index (κ2) is 7.29. The maximum absolute atomic E-state index is 6.23. The molecule has 4 nitrogen and oxygen atoms in total. The van der Waals surface area contributed by atoms with Crippen LogP contribution in [0.15, 0.2) is 22.7 Å². The number of anilines is 3. The molecule has 0 atom stereocenters. The zero-order valence-corrected chi connectivity index (χ0v) is 14.8. The molecule has 0 bridgehead atoms. The molecule has 2 rings (SSSR count). The van der Waals surface area contributed by atoms with Crippen molar-refractivity contribution in [3.8, 4) is 0 Å². The van der Waals surface area contributed by atoms with Gasteiger partial charge >= 0.3 is 0 Å². The summed E-state index contributed by atoms with van der Waals surface area (Å²) in [5.41, 5.74) is 0.699. The van der Waals surface area contributed by atoms with E-state index >= 15 is 0 Å². The van der Waals surface area contributed by atoms with Gasteiger partial charge in [-0.1, -0.05) is 30.1 Å². The van der Waals surface area contributed by atoms with Crippen LogP contribution in [0.3, 0.4) is 0 Å². The van der Waals surface area contributed by atoms with Gasteiger partial charge in [-0.05, 0) is 41.4 Å². The first-order valence-corrected chi connectivity index (χ1v) is 8.06. The molecule has 1 aromatic heterocycles. The predicted molar refractivity (Wildman–Crippen MR) is 93.0 cm³/mol. The first-order valence-electron chi connectivity index (χ1n) is 6.51. The molecule has 0 aliphatic heterocycles. The van der Waals surface area contributed by atoms with Crippen LogP contribution in [0.25, 0.3) is 0 Å². The highest BCUT2D eigenvalue weighted by Gasteiger charge is 2.10. The van der Waals surface area contributed by atoms with E-state index < -0.39 is 0 Å². The van der Waals surface area contributed by atoms with Gasteiger partial charge in [0.2, 0.25) is 0 Å². The third-order valence-electron chi connectivity index (χ3n) is 2.69. The molecule has 0 aliphatic rings. The molecule has 21 heavy (non-hydrogen) atoms. The topological polar surface area (TPSA) is 49.8 Å². The number of rotatable bonds is 5. The van der Waals surface area contributed by atoms with Crippen molar-refractivity contribution in [3.63, 3.8) is 0 Å². The Labute approximate surface area is 142 Å². The van der Waals surface area contributed by atoms with Gasteiger partial charge in [-0.2, -0.15) is 0 Å². The van der Waals surface area contributed by atoms with E-state index in [-0.39, 0.29) is 0 Å². The van der Waals surface area contributed by atoms with E-state index in [4.69, 9.17) is 23.2 Å². The van der Waals surface area contributed by atoms with Crippen LogP contribution in [-0.4, -0.2) is 16.5 Å². The first kappa shape index (κ1) is 16.3. The van der Waals surface area contributed by atoms with E-state index in [0.717, 1.165) is 23.3 Å². The van der Waals surface area contributed by atoms with E-state index in [2.05, 4.69) is 43.5 Å². The molecule has 112 valence electrons. The van der Waals surface area contributed by atoms with Gasteiger partial charge in [-0.15, -0.1) is 0 Å². The van der Waals surface area contributed by atoms with Crippen LogP contribution in [0.4, 0.5) is 17.3 Å². The Balaban J connectivity index is 2.27. The number of aryl methyl sites for hydroxylation is 1. The molecule has 7 heteroatoms. The summed E-state index contributed by atoms with van der Waals surface area (Å²) in [6.45, 7) is 4.81. The van der Waals surface area contributed by atoms with Crippen molar-refractivity contribution in [2.45, 2.75) is 20.3 Å². The minimum Gasteiger partial charge on any atom is -0.370 e. The molecule has 0 saturated heterocycles. The van der Waals surface area contributed by atoms with E-state index in [1.54, 1.807) is 0 Å². The van der Waals surface area contributed by atoms with Gasteiger partial charge < -0.3 is 10.6 Å². The molecule has 2 aromatic rings. The molecule has 0 fully saturated rings. The van der Waals surface area contributed by atoms with Gasteiger partial charge in [0.05, 0.1) is 15.7 Å². The van der Waals surface area contributed by atoms with Crippen molar-refractivity contribution in [1.82, 2.24) is 9.97 Å². The Morgan fingerprint density at radius 1 is 1.14 bits per heavy atom. The fourth-order valence-electron chi connectivity index (χ4n) is 1.74. The summed E-state index contributed by atoms with van der Waals surface area (Å²) in [6.07, 6.45) is 1.03. The molecule has 0 amide bonds. The summed E-state index contributed by atoms with van der Waals surface area (Å²) in [4.78, 5) is 8.69. The maximum Gasteiger partial charge on any atom is 0.136 e. The lowest BCUT2D eigenvalue weighted by Crippen LogP contribution is -2.05. The van der Waals surface area contributed by atoms with Crippen LogP contribution in [0.5, 0.6) is 0 Å². The summed E-state index contributed by atoms with van der Waals surface area (Å²) in [5.74, 6) is 2.13. The van der Waals surface area contributed by atoms with Crippen molar-refractivity contribution >= 4 is 56.5 Å². The highest BCUT2D eigenvalue weighted by molar-refractivity contribution is 9.10. The third-order valence-corrected chi connectivity index (χ3v) is 4.46. The lowest BCUT2D eigenvalue weighted by atomic mass is 10.3. The summed E-state index contributed by atoms with van der Waals surface area (Å²) in [5, 5.41) is 7.33. The fourth-order valence-corrected chi connectivity index (χ4v) is 2.56. The van der Waals surface area contributed by atoms with Crippen LogP contribution in [0.2, 0.25) is 10.0 Å². The van der Waals surface area contributed by atoms with Crippen molar-refractivity contribution in [1.29, 1.82) is 0 Å². The monoisotopic (exact) mass is 388 g/mol. The van der Waals surface area contributed by atoms with Crippen LogP contribution in [-0.2, 0) is 0 Å². The molecular formula is C14H15BrCl2N4. The van der Waals surface area contributed by atoms with Gasteiger partial charge in [-0.25, -0.2) is 9.97 Å². The van der Waals surface area contributed by atoms with Crippen molar-refractivity contribution < 1.29 is 0 Å². The average Bonchev–Trinajstić information content (AvgIpc) is 2.45. The number of nitrogens with zero attached hydrogens (tertiary/aromatic N) is 2. The molecule has 1 aromatic carbocycles. The highest BCUT2D eigenvalue weighted by atomic mass is 79.9. The Morgan fingerprint density at radius 2 is 1.86 bits per heavy atom. The SMILES string of the molecule is CCCNc1cc(Nc2ccc(Br)c(Cl)c2Cl)nc(C)n1. The quantitative estimate of drug-likeness (QED) is 0.670. The third kappa shape index (κ3) is 4.22. The Bertz CT molecular complexity index is 649. The average molecular weight is 390 g/mol. The summed E-state index contributed by atoms with van der Waals surface area (Å²) in [6, 6.07) is 5.52. The molecule has 1 heterocycles. The molecule has 0 unspecified atom stereocenters. The normalized spacial score (nSPS) is 10.5. The minimum absolute atomic E-state index is 0.449. The summed E-state index contributed by atoms with van der Waals surface area (Å²) >= 11 is 15.7. The number of hydrogen-bond acceptors (Lipinski definition) is 4. The smallest absolute Gasteiger partial charge is 0.136 e. The van der Waals surface area contributed by atoms with Crippen LogP contribution in [0, 0.1) is 6.92 Å². The fraction of sp³-hybridized carbons (Fsp3) is 0.286. The number of hydrogen-bond donors (Lipinski definition) is 2. The molecule has 0 saturated carbocycles. The van der Waals surface area contributed by atoms with Crippen LogP contribution >= 0.6 is 39.1 Å². The number of halogens is 3. The zero-order chi connectivity index (χ0) is 15.4. The van der Waals surface area contributed by atoms with Crippen molar-refractivity contribution in [3.05, 3.63) is 38.5 Å². The Hall–Kier alpha value is -1.04. The maximum atomic E-state index is 6.23. The molecule has 0 aliphatic carbocycles. The molecule has 0 spiro atoms. The van der Waals surface area contributed by atoms with E-state index in [9.17, 15) is 0 Å². The number of nitrogens with one attached hydrogen (secondary N) is 2. The molecule has 2 N–H and O–H groups in total. The predicted octanol–water partition coefficient (Wildman–Crippen LogP) is 5.42. The second-order valence-corrected chi connectivity index (χ2v) is 6.07. The van der Waals surface area contributed by atoms with Gasteiger partial charge in [0.15, 0.2) is 0 Å². The number of aromatic nitrogens is 2. The first-order chi connectivity index (χ1) is 10.0. The number of benzene rings is 1. The van der Waals surface area contributed by atoms with Gasteiger partial charge in [-0.3, -0.25) is 0 Å². The van der Waals surface area contributed by atoms with E-state index in [1.807, 2.05) is 25.1 Å². The van der Waals surface area contributed by atoms with E-state index in [0.29, 0.717) is 27.4 Å². The molecule has 0 radical (unpaired) electrons. The summed E-state index contributed by atoms with van der Waals surface area (Å²) < 4.78 is 0.754.